The van der Waals surface area contributed by atoms with Gasteiger partial charge >= 0.3 is 0 Å². The van der Waals surface area contributed by atoms with Gasteiger partial charge in [0, 0.05) is 18.1 Å². The molecule has 1 aliphatic rings. The van der Waals surface area contributed by atoms with E-state index in [0.717, 1.165) is 12.1 Å². The minimum Gasteiger partial charge on any atom is -0.387 e. The lowest BCUT2D eigenvalue weighted by atomic mass is 9.89. The molecule has 1 atom stereocenters. The number of rotatable bonds is 5. The minimum atomic E-state index is -0.452. The molecule has 100 valence electrons. The van der Waals surface area contributed by atoms with Crippen molar-refractivity contribution in [2.75, 3.05) is 13.1 Å². The Labute approximate surface area is 114 Å². The monoisotopic (exact) mass is 267 g/mol. The SMILES string of the molecule is CC1(CNCC(O)c2ccc(Cl)cc2)CCCC1. The van der Waals surface area contributed by atoms with Crippen LogP contribution in [0.2, 0.25) is 5.02 Å². The molecule has 1 aromatic carbocycles. The van der Waals surface area contributed by atoms with Gasteiger partial charge in [0.05, 0.1) is 6.10 Å². The molecule has 0 saturated heterocycles. The lowest BCUT2D eigenvalue weighted by Gasteiger charge is -2.24. The van der Waals surface area contributed by atoms with Gasteiger partial charge in [-0.05, 0) is 36.0 Å². The fourth-order valence-electron chi connectivity index (χ4n) is 2.72. The van der Waals surface area contributed by atoms with E-state index < -0.39 is 6.10 Å². The molecule has 2 nitrogen and oxygen atoms in total. The Bertz CT molecular complexity index is 371. The molecule has 0 heterocycles. The first kappa shape index (κ1) is 13.9. The topological polar surface area (TPSA) is 32.3 Å². The van der Waals surface area contributed by atoms with Crippen LogP contribution >= 0.6 is 11.6 Å². The van der Waals surface area contributed by atoms with E-state index in [2.05, 4.69) is 12.2 Å². The lowest BCUT2D eigenvalue weighted by Crippen LogP contribution is -2.32. The van der Waals surface area contributed by atoms with Crippen molar-refractivity contribution in [3.63, 3.8) is 0 Å². The lowest BCUT2D eigenvalue weighted by molar-refractivity contribution is 0.167. The maximum Gasteiger partial charge on any atom is 0.0914 e. The predicted octanol–water partition coefficient (Wildman–Crippen LogP) is 3.54. The molecule has 1 saturated carbocycles. The highest BCUT2D eigenvalue weighted by Gasteiger charge is 2.28. The number of aliphatic hydroxyl groups excluding tert-OH is 1. The number of halogens is 1. The number of hydrogen-bond acceptors (Lipinski definition) is 2. The van der Waals surface area contributed by atoms with Gasteiger partial charge in [0.1, 0.15) is 0 Å². The third-order valence-electron chi connectivity index (χ3n) is 3.95. The van der Waals surface area contributed by atoms with Crippen molar-refractivity contribution in [3.05, 3.63) is 34.9 Å². The van der Waals surface area contributed by atoms with Gasteiger partial charge < -0.3 is 10.4 Å². The zero-order chi connectivity index (χ0) is 13.0. The van der Waals surface area contributed by atoms with Gasteiger partial charge in [0.25, 0.3) is 0 Å². The molecule has 1 fully saturated rings. The first-order chi connectivity index (χ1) is 8.59. The van der Waals surface area contributed by atoms with Crippen molar-refractivity contribution in [1.82, 2.24) is 5.32 Å². The van der Waals surface area contributed by atoms with Crippen LogP contribution in [0.15, 0.2) is 24.3 Å². The summed E-state index contributed by atoms with van der Waals surface area (Å²) in [4.78, 5) is 0. The zero-order valence-corrected chi connectivity index (χ0v) is 11.7. The van der Waals surface area contributed by atoms with E-state index in [1.165, 1.54) is 25.7 Å². The molecule has 0 aromatic heterocycles. The summed E-state index contributed by atoms with van der Waals surface area (Å²) < 4.78 is 0. The Hall–Kier alpha value is -0.570. The second-order valence-corrected chi connectivity index (χ2v) is 6.15. The van der Waals surface area contributed by atoms with Gasteiger partial charge in [-0.2, -0.15) is 0 Å². The van der Waals surface area contributed by atoms with Crippen LogP contribution in [0.5, 0.6) is 0 Å². The van der Waals surface area contributed by atoms with Crippen LogP contribution < -0.4 is 5.32 Å². The number of benzene rings is 1. The fourth-order valence-corrected chi connectivity index (χ4v) is 2.84. The fraction of sp³-hybridized carbons (Fsp3) is 0.600. The Morgan fingerprint density at radius 3 is 2.50 bits per heavy atom. The molecular weight excluding hydrogens is 246 g/mol. The molecular formula is C15H22ClNO. The second kappa shape index (κ2) is 6.05. The molecule has 1 aliphatic carbocycles. The van der Waals surface area contributed by atoms with Crippen molar-refractivity contribution in [2.45, 2.75) is 38.7 Å². The number of hydrogen-bond donors (Lipinski definition) is 2. The van der Waals surface area contributed by atoms with E-state index in [1.54, 1.807) is 0 Å². The average molecular weight is 268 g/mol. The second-order valence-electron chi connectivity index (χ2n) is 5.72. The summed E-state index contributed by atoms with van der Waals surface area (Å²) in [6.07, 6.45) is 4.84. The van der Waals surface area contributed by atoms with E-state index >= 15 is 0 Å². The van der Waals surface area contributed by atoms with Crippen molar-refractivity contribution in [2.24, 2.45) is 5.41 Å². The highest BCUT2D eigenvalue weighted by Crippen LogP contribution is 2.36. The first-order valence-corrected chi connectivity index (χ1v) is 7.11. The Morgan fingerprint density at radius 1 is 1.28 bits per heavy atom. The normalized spacial score (nSPS) is 19.9. The summed E-state index contributed by atoms with van der Waals surface area (Å²) in [7, 11) is 0. The summed E-state index contributed by atoms with van der Waals surface area (Å²) in [6, 6.07) is 7.40. The van der Waals surface area contributed by atoms with E-state index in [0.29, 0.717) is 17.0 Å². The van der Waals surface area contributed by atoms with Crippen LogP contribution in [0.4, 0.5) is 0 Å². The van der Waals surface area contributed by atoms with Gasteiger partial charge in [-0.3, -0.25) is 0 Å². The van der Waals surface area contributed by atoms with Crippen LogP contribution in [0.25, 0.3) is 0 Å². The molecule has 0 aliphatic heterocycles. The maximum atomic E-state index is 10.1. The molecule has 3 heteroatoms. The van der Waals surface area contributed by atoms with Crippen molar-refractivity contribution in [3.8, 4) is 0 Å². The van der Waals surface area contributed by atoms with Gasteiger partial charge in [0.15, 0.2) is 0 Å². The Morgan fingerprint density at radius 2 is 1.89 bits per heavy atom. The molecule has 0 bridgehead atoms. The van der Waals surface area contributed by atoms with Gasteiger partial charge in [-0.15, -0.1) is 0 Å². The molecule has 2 rings (SSSR count). The van der Waals surface area contributed by atoms with Crippen molar-refractivity contribution >= 4 is 11.6 Å². The largest absolute Gasteiger partial charge is 0.387 e. The summed E-state index contributed by atoms with van der Waals surface area (Å²) in [6.45, 7) is 3.94. The molecule has 1 aromatic rings. The Kier molecular flexibility index (Phi) is 4.66. The zero-order valence-electron chi connectivity index (χ0n) is 11.0. The third kappa shape index (κ3) is 3.71. The quantitative estimate of drug-likeness (QED) is 0.855. The van der Waals surface area contributed by atoms with E-state index in [1.807, 2.05) is 24.3 Å². The predicted molar refractivity (Wildman–Crippen MR) is 75.9 cm³/mol. The smallest absolute Gasteiger partial charge is 0.0914 e. The highest BCUT2D eigenvalue weighted by atomic mass is 35.5. The van der Waals surface area contributed by atoms with Crippen LogP contribution in [0.3, 0.4) is 0 Å². The summed E-state index contributed by atoms with van der Waals surface area (Å²) in [5.41, 5.74) is 1.35. The maximum absolute atomic E-state index is 10.1. The average Bonchev–Trinajstić information content (AvgIpc) is 2.77. The van der Waals surface area contributed by atoms with E-state index in [4.69, 9.17) is 11.6 Å². The molecule has 18 heavy (non-hydrogen) atoms. The number of aliphatic hydroxyl groups is 1. The third-order valence-corrected chi connectivity index (χ3v) is 4.21. The summed E-state index contributed by atoms with van der Waals surface area (Å²) >= 11 is 5.83. The number of nitrogens with one attached hydrogen (secondary N) is 1. The first-order valence-electron chi connectivity index (χ1n) is 6.73. The standard InChI is InChI=1S/C15H22ClNO/c1-15(8-2-3-9-15)11-17-10-14(18)12-4-6-13(16)7-5-12/h4-7,14,17-18H,2-3,8-11H2,1H3. The molecule has 1 unspecified atom stereocenters. The van der Waals surface area contributed by atoms with Crippen LogP contribution in [0.1, 0.15) is 44.3 Å². The summed E-state index contributed by atoms with van der Waals surface area (Å²) in [5.74, 6) is 0. The Balaban J connectivity index is 1.77. The van der Waals surface area contributed by atoms with Crippen molar-refractivity contribution in [1.29, 1.82) is 0 Å². The molecule has 0 radical (unpaired) electrons. The van der Waals surface area contributed by atoms with Crippen LogP contribution in [-0.2, 0) is 0 Å². The van der Waals surface area contributed by atoms with Crippen LogP contribution in [-0.4, -0.2) is 18.2 Å². The van der Waals surface area contributed by atoms with Crippen LogP contribution in [0, 0.1) is 5.41 Å². The molecule has 0 spiro atoms. The van der Waals surface area contributed by atoms with Crippen molar-refractivity contribution < 1.29 is 5.11 Å². The summed E-state index contributed by atoms with van der Waals surface area (Å²) in [5, 5.41) is 14.2. The minimum absolute atomic E-state index is 0.430. The van der Waals surface area contributed by atoms with Gasteiger partial charge in [-0.25, -0.2) is 0 Å². The van der Waals surface area contributed by atoms with E-state index in [-0.39, 0.29) is 0 Å². The molecule has 2 N–H and O–H groups in total. The van der Waals surface area contributed by atoms with E-state index in [9.17, 15) is 5.11 Å². The van der Waals surface area contributed by atoms with Gasteiger partial charge in [-0.1, -0.05) is 43.5 Å². The van der Waals surface area contributed by atoms with Gasteiger partial charge in [0.2, 0.25) is 0 Å². The highest BCUT2D eigenvalue weighted by molar-refractivity contribution is 6.30. The molecule has 0 amide bonds.